The third-order valence-electron chi connectivity index (χ3n) is 3.91. The van der Waals surface area contributed by atoms with Gasteiger partial charge in [-0.05, 0) is 45.5 Å². The van der Waals surface area contributed by atoms with Crippen molar-refractivity contribution >= 4 is 0 Å². The number of ether oxygens (including phenoxy) is 3. The summed E-state index contributed by atoms with van der Waals surface area (Å²) in [6.07, 6.45) is 4.63. The molecule has 1 N–H and O–H groups in total. The van der Waals surface area contributed by atoms with Crippen molar-refractivity contribution in [3.8, 4) is 11.8 Å². The Morgan fingerprint density at radius 3 is 2.80 bits per heavy atom. The van der Waals surface area contributed by atoms with Gasteiger partial charge in [0.25, 0.3) is 0 Å². The lowest BCUT2D eigenvalue weighted by Crippen LogP contribution is -2.32. The fraction of sp³-hybridized carbons (Fsp3) is 0.875. The maximum Gasteiger partial charge on any atom is 0.234 e. The molecule has 2 rings (SSSR count). The van der Waals surface area contributed by atoms with E-state index in [0.717, 1.165) is 32.3 Å². The van der Waals surface area contributed by atoms with E-state index in [-0.39, 0.29) is 24.4 Å². The summed E-state index contributed by atoms with van der Waals surface area (Å²) in [4.78, 5) is 0. The summed E-state index contributed by atoms with van der Waals surface area (Å²) in [5, 5.41) is 10.3. The Morgan fingerprint density at radius 2 is 2.20 bits per heavy atom. The third-order valence-corrected chi connectivity index (χ3v) is 3.91. The van der Waals surface area contributed by atoms with Gasteiger partial charge < -0.3 is 19.3 Å². The number of aliphatic hydroxyl groups is 1. The molecular weight excluding hydrogens is 256 g/mol. The summed E-state index contributed by atoms with van der Waals surface area (Å²) in [5.74, 6) is 4.62. The maximum absolute atomic E-state index is 10.3. The average Bonchev–Trinajstić information content (AvgIpc) is 2.64. The standard InChI is InChI=1S/C16H26O4/c1-12-11-14(3)20-16(12,17)9-6-7-13(2)19-15-8-4-5-10-18-15/h12-15,17H,4-5,7-8,10-11H2,1-3H3. The van der Waals surface area contributed by atoms with Gasteiger partial charge in [-0.15, -0.1) is 0 Å². The minimum Gasteiger partial charge on any atom is -0.355 e. The summed E-state index contributed by atoms with van der Waals surface area (Å²) in [6, 6.07) is 0. The highest BCUT2D eigenvalue weighted by molar-refractivity contribution is 5.14. The van der Waals surface area contributed by atoms with Crippen LogP contribution in [0.15, 0.2) is 0 Å². The van der Waals surface area contributed by atoms with Crippen LogP contribution in [-0.4, -0.2) is 36.0 Å². The molecule has 0 aromatic heterocycles. The highest BCUT2D eigenvalue weighted by Crippen LogP contribution is 2.33. The molecule has 20 heavy (non-hydrogen) atoms. The van der Waals surface area contributed by atoms with Crippen molar-refractivity contribution in [1.29, 1.82) is 0 Å². The van der Waals surface area contributed by atoms with Crippen molar-refractivity contribution in [1.82, 2.24) is 0 Å². The molecule has 0 aliphatic carbocycles. The largest absolute Gasteiger partial charge is 0.355 e. The molecule has 2 aliphatic rings. The number of rotatable bonds is 3. The second kappa shape index (κ2) is 6.91. The van der Waals surface area contributed by atoms with Gasteiger partial charge in [0.2, 0.25) is 5.79 Å². The average molecular weight is 282 g/mol. The zero-order chi connectivity index (χ0) is 14.6. The van der Waals surface area contributed by atoms with Crippen LogP contribution in [-0.2, 0) is 14.2 Å². The van der Waals surface area contributed by atoms with E-state index in [0.29, 0.717) is 6.42 Å². The lowest BCUT2D eigenvalue weighted by atomic mass is 9.99. The van der Waals surface area contributed by atoms with E-state index < -0.39 is 5.79 Å². The minimum atomic E-state index is -1.29. The molecule has 0 aromatic carbocycles. The van der Waals surface area contributed by atoms with E-state index in [9.17, 15) is 5.11 Å². The molecule has 4 nitrogen and oxygen atoms in total. The minimum absolute atomic E-state index is 0.00309. The second-order valence-corrected chi connectivity index (χ2v) is 6.01. The van der Waals surface area contributed by atoms with Crippen molar-refractivity contribution in [2.45, 2.75) is 77.2 Å². The summed E-state index contributed by atoms with van der Waals surface area (Å²) < 4.78 is 16.8. The highest BCUT2D eigenvalue weighted by Gasteiger charge is 2.42. The van der Waals surface area contributed by atoms with Gasteiger partial charge in [0.05, 0.1) is 12.2 Å². The monoisotopic (exact) mass is 282 g/mol. The lowest BCUT2D eigenvalue weighted by molar-refractivity contribution is -0.183. The van der Waals surface area contributed by atoms with Crippen LogP contribution in [0.4, 0.5) is 0 Å². The second-order valence-electron chi connectivity index (χ2n) is 6.01. The van der Waals surface area contributed by atoms with Crippen LogP contribution >= 0.6 is 0 Å². The van der Waals surface area contributed by atoms with E-state index in [2.05, 4.69) is 11.8 Å². The fourth-order valence-electron chi connectivity index (χ4n) is 2.73. The molecular formula is C16H26O4. The molecule has 0 aromatic rings. The van der Waals surface area contributed by atoms with Gasteiger partial charge in [-0.3, -0.25) is 0 Å². The Hall–Kier alpha value is -0.600. The van der Waals surface area contributed by atoms with Crippen molar-refractivity contribution < 1.29 is 19.3 Å². The molecule has 0 spiro atoms. The van der Waals surface area contributed by atoms with E-state index in [1.807, 2.05) is 20.8 Å². The van der Waals surface area contributed by atoms with Crippen molar-refractivity contribution in [3.05, 3.63) is 0 Å². The fourth-order valence-corrected chi connectivity index (χ4v) is 2.73. The van der Waals surface area contributed by atoms with Crippen molar-refractivity contribution in [2.24, 2.45) is 5.92 Å². The van der Waals surface area contributed by atoms with Crippen LogP contribution < -0.4 is 0 Å². The molecule has 2 saturated heterocycles. The molecule has 5 unspecified atom stereocenters. The van der Waals surface area contributed by atoms with Gasteiger partial charge in [-0.25, -0.2) is 0 Å². The Morgan fingerprint density at radius 1 is 1.40 bits per heavy atom. The zero-order valence-electron chi connectivity index (χ0n) is 12.7. The number of hydrogen-bond acceptors (Lipinski definition) is 4. The Balaban J connectivity index is 1.78. The first-order valence-electron chi connectivity index (χ1n) is 7.67. The van der Waals surface area contributed by atoms with E-state index in [1.54, 1.807) is 0 Å². The maximum atomic E-state index is 10.3. The van der Waals surface area contributed by atoms with Crippen LogP contribution in [0.25, 0.3) is 0 Å². The molecule has 4 heteroatoms. The Labute approximate surface area is 121 Å². The van der Waals surface area contributed by atoms with Crippen LogP contribution in [0.3, 0.4) is 0 Å². The van der Waals surface area contributed by atoms with Gasteiger partial charge in [0, 0.05) is 18.9 Å². The van der Waals surface area contributed by atoms with Crippen LogP contribution in [0.1, 0.15) is 52.9 Å². The normalized spacial score (nSPS) is 39.1. The predicted molar refractivity (Wildman–Crippen MR) is 75.8 cm³/mol. The van der Waals surface area contributed by atoms with E-state index in [4.69, 9.17) is 14.2 Å². The number of hydrogen-bond donors (Lipinski definition) is 1. The van der Waals surface area contributed by atoms with Gasteiger partial charge in [-0.1, -0.05) is 12.8 Å². The summed E-state index contributed by atoms with van der Waals surface area (Å²) in [7, 11) is 0. The Kier molecular flexibility index (Phi) is 5.45. The predicted octanol–water partition coefficient (Wildman–Crippen LogP) is 2.45. The van der Waals surface area contributed by atoms with Crippen LogP contribution in [0, 0.1) is 17.8 Å². The lowest BCUT2D eigenvalue weighted by Gasteiger charge is -2.25. The zero-order valence-corrected chi connectivity index (χ0v) is 12.7. The van der Waals surface area contributed by atoms with Crippen LogP contribution in [0.2, 0.25) is 0 Å². The third kappa shape index (κ3) is 4.20. The van der Waals surface area contributed by atoms with Gasteiger partial charge >= 0.3 is 0 Å². The quantitative estimate of drug-likeness (QED) is 0.808. The summed E-state index contributed by atoms with van der Waals surface area (Å²) >= 11 is 0. The molecule has 0 saturated carbocycles. The molecule has 0 radical (unpaired) electrons. The van der Waals surface area contributed by atoms with Crippen molar-refractivity contribution in [3.63, 3.8) is 0 Å². The molecule has 5 atom stereocenters. The first-order valence-corrected chi connectivity index (χ1v) is 7.67. The van der Waals surface area contributed by atoms with Gasteiger partial charge in [-0.2, -0.15) is 0 Å². The smallest absolute Gasteiger partial charge is 0.234 e. The topological polar surface area (TPSA) is 47.9 Å². The first-order chi connectivity index (χ1) is 9.49. The molecule has 0 bridgehead atoms. The van der Waals surface area contributed by atoms with E-state index in [1.165, 1.54) is 0 Å². The molecule has 2 fully saturated rings. The SMILES string of the molecule is CC(CC#CC1(O)OC(C)CC1C)OC1CCCCO1. The van der Waals surface area contributed by atoms with Crippen molar-refractivity contribution in [2.75, 3.05) is 6.61 Å². The summed E-state index contributed by atoms with van der Waals surface area (Å²) in [6.45, 7) is 6.70. The van der Waals surface area contributed by atoms with Gasteiger partial charge in [0.15, 0.2) is 6.29 Å². The molecule has 0 amide bonds. The highest BCUT2D eigenvalue weighted by atomic mass is 16.7. The van der Waals surface area contributed by atoms with Crippen LogP contribution in [0.5, 0.6) is 0 Å². The molecule has 2 heterocycles. The summed E-state index contributed by atoms with van der Waals surface area (Å²) in [5.41, 5.74) is 0. The van der Waals surface area contributed by atoms with E-state index >= 15 is 0 Å². The first kappa shape index (κ1) is 15.8. The molecule has 114 valence electrons. The van der Waals surface area contributed by atoms with Gasteiger partial charge in [0.1, 0.15) is 0 Å². The Bertz CT molecular complexity index is 366. The molecule has 2 aliphatic heterocycles.